The Balaban J connectivity index is 0.000000541. The minimum absolute atomic E-state index is 0. The van der Waals surface area contributed by atoms with Crippen molar-refractivity contribution >= 4 is 44.0 Å². The van der Waals surface area contributed by atoms with Gasteiger partial charge in [-0.2, -0.15) is 26.3 Å². The van der Waals surface area contributed by atoms with Crippen LogP contribution in [0.5, 0.6) is 0 Å². The van der Waals surface area contributed by atoms with E-state index < -0.39 is 31.3 Å². The molecule has 0 atom stereocenters. The van der Waals surface area contributed by atoms with Crippen molar-refractivity contribution in [3.05, 3.63) is 108 Å². The molecule has 0 aliphatic carbocycles. The first kappa shape index (κ1) is 41.0. The Morgan fingerprint density at radius 2 is 0.915 bits per heavy atom. The average Bonchev–Trinajstić information content (AvgIpc) is 2.95. The van der Waals surface area contributed by atoms with Crippen LogP contribution < -0.4 is 0 Å². The summed E-state index contributed by atoms with van der Waals surface area (Å²) in [6.07, 6.45) is 7.13. The molecular formula is C28H22F6FeN4O6S2. The Hall–Kier alpha value is -4.00. The van der Waals surface area contributed by atoms with Crippen molar-refractivity contribution in [2.75, 3.05) is 0 Å². The van der Waals surface area contributed by atoms with Crippen LogP contribution in [0.3, 0.4) is 0 Å². The van der Waals surface area contributed by atoms with Crippen LogP contribution >= 0.6 is 0 Å². The molecular weight excluding hydrogens is 722 g/mol. The summed E-state index contributed by atoms with van der Waals surface area (Å²) in [7, 11) is -12.2. The van der Waals surface area contributed by atoms with Crippen molar-refractivity contribution in [2.24, 2.45) is 9.98 Å². The van der Waals surface area contributed by atoms with E-state index in [2.05, 4.69) is 35.9 Å². The van der Waals surface area contributed by atoms with Gasteiger partial charge in [0.1, 0.15) is 0 Å². The van der Waals surface area contributed by atoms with Gasteiger partial charge < -0.3 is 9.11 Å². The number of halogens is 6. The molecule has 4 rings (SSSR count). The van der Waals surface area contributed by atoms with E-state index >= 15 is 0 Å². The Kier molecular flexibility index (Phi) is 15.0. The normalized spacial score (nSPS) is 12.0. The van der Waals surface area contributed by atoms with Gasteiger partial charge in [0.05, 0.1) is 35.2 Å². The van der Waals surface area contributed by atoms with E-state index in [1.165, 1.54) is 0 Å². The first-order valence-electron chi connectivity index (χ1n) is 12.4. The third-order valence-electron chi connectivity index (χ3n) is 5.37. The fraction of sp³-hybridized carbons (Fsp3) is 0.143. The fourth-order valence-corrected chi connectivity index (χ4v) is 3.35. The third kappa shape index (κ3) is 13.0. The van der Waals surface area contributed by atoms with Crippen molar-refractivity contribution < 1.29 is 69.4 Å². The second-order valence-electron chi connectivity index (χ2n) is 8.76. The number of hydrogen-bond acceptors (Lipinski definition) is 10. The van der Waals surface area contributed by atoms with Gasteiger partial charge in [0.25, 0.3) is 0 Å². The minimum Gasteiger partial charge on any atom is -0.741 e. The molecule has 0 saturated carbocycles. The molecule has 0 fully saturated rings. The van der Waals surface area contributed by atoms with E-state index in [4.69, 9.17) is 35.9 Å². The fourth-order valence-electron chi connectivity index (χ4n) is 3.35. The zero-order valence-electron chi connectivity index (χ0n) is 23.9. The summed E-state index contributed by atoms with van der Waals surface area (Å²) in [5.41, 5.74) is -3.41. The van der Waals surface area contributed by atoms with E-state index in [-0.39, 0.29) is 17.1 Å². The van der Waals surface area contributed by atoms with Crippen molar-refractivity contribution in [1.82, 2.24) is 9.97 Å². The summed E-state index contributed by atoms with van der Waals surface area (Å²) in [6.45, 7) is 4.21. The van der Waals surface area contributed by atoms with Crippen LogP contribution in [0.1, 0.15) is 22.5 Å². The summed E-state index contributed by atoms with van der Waals surface area (Å²) >= 11 is 0. The average molecular weight is 744 g/mol. The monoisotopic (exact) mass is 744 g/mol. The molecule has 47 heavy (non-hydrogen) atoms. The molecule has 0 unspecified atom stereocenters. The number of benzene rings is 2. The molecule has 0 bridgehead atoms. The summed E-state index contributed by atoms with van der Waals surface area (Å²) < 4.78 is 118. The van der Waals surface area contributed by atoms with Crippen LogP contribution in [0.15, 0.2) is 95.2 Å². The number of alkyl halides is 6. The van der Waals surface area contributed by atoms with E-state index in [0.717, 1.165) is 45.0 Å². The number of hydrogen-bond donors (Lipinski definition) is 0. The molecule has 0 radical (unpaired) electrons. The number of aliphatic imine (C=N–C) groups is 2. The second-order valence-corrected chi connectivity index (χ2v) is 11.5. The molecule has 0 saturated heterocycles. The smallest absolute Gasteiger partial charge is 0.741 e. The van der Waals surface area contributed by atoms with Crippen molar-refractivity contribution in [1.29, 1.82) is 0 Å². The van der Waals surface area contributed by atoms with Crippen LogP contribution in [0.4, 0.5) is 37.7 Å². The summed E-state index contributed by atoms with van der Waals surface area (Å²) in [6, 6.07) is 23.9. The third-order valence-corrected chi connectivity index (χ3v) is 6.50. The van der Waals surface area contributed by atoms with Crippen LogP contribution in [-0.4, -0.2) is 59.4 Å². The van der Waals surface area contributed by atoms with Gasteiger partial charge in [-0.25, -0.2) is 16.8 Å². The van der Waals surface area contributed by atoms with E-state index in [9.17, 15) is 26.3 Å². The molecule has 2 heterocycles. The quantitative estimate of drug-likeness (QED) is 0.0749. The van der Waals surface area contributed by atoms with Gasteiger partial charge in [0, 0.05) is 23.5 Å². The van der Waals surface area contributed by atoms with Gasteiger partial charge >= 0.3 is 28.1 Å². The summed E-state index contributed by atoms with van der Waals surface area (Å²) in [5, 5.41) is 0. The molecule has 19 heteroatoms. The Bertz CT molecular complexity index is 1750. The van der Waals surface area contributed by atoms with Crippen molar-refractivity contribution in [3.63, 3.8) is 0 Å². The standard InChI is InChI=1S/C26H22N4.2CHF3O3S.Fe/c1-19-9-7-13-23(29-17-21-11-3-5-15-27-21)25(19)26-20(2)10-8-14-24(26)30-18-22-12-4-6-16-28-22;2*2-1(3,4)8(5,6)7;/h3-18H,1-2H3;2*(H,5,6,7);/q;;;+2/p-2. The van der Waals surface area contributed by atoms with E-state index in [1.54, 1.807) is 24.8 Å². The molecule has 0 spiro atoms. The molecule has 4 aromatic rings. The van der Waals surface area contributed by atoms with Crippen LogP contribution in [0.2, 0.25) is 0 Å². The number of aryl methyl sites for hydroxylation is 2. The Labute approximate surface area is 276 Å². The molecule has 0 aliphatic heterocycles. The van der Waals surface area contributed by atoms with Crippen molar-refractivity contribution in [2.45, 2.75) is 24.9 Å². The zero-order chi connectivity index (χ0) is 34.8. The maximum atomic E-state index is 10.7. The van der Waals surface area contributed by atoms with Crippen molar-refractivity contribution in [3.8, 4) is 11.1 Å². The maximum absolute atomic E-state index is 10.7. The van der Waals surface area contributed by atoms with Crippen LogP contribution in [0, 0.1) is 13.8 Å². The SMILES string of the molecule is Cc1cccc(N=Cc2ccccn2)c1-c1c(C)cccc1N=Cc1ccccn1.O=S(=O)([O-])C(F)(F)F.O=S(=O)([O-])C(F)(F)F.[Fe+2]. The summed E-state index contributed by atoms with van der Waals surface area (Å²) in [5.74, 6) is 0. The molecule has 0 amide bonds. The number of pyridine rings is 2. The van der Waals surface area contributed by atoms with E-state index in [0.29, 0.717) is 0 Å². The molecule has 2 aromatic heterocycles. The molecule has 10 nitrogen and oxygen atoms in total. The predicted octanol–water partition coefficient (Wildman–Crippen LogP) is 6.36. The Morgan fingerprint density at radius 3 is 1.17 bits per heavy atom. The maximum Gasteiger partial charge on any atom is 2.00 e. The van der Waals surface area contributed by atoms with Gasteiger partial charge in [-0.15, -0.1) is 0 Å². The number of rotatable bonds is 5. The topological polar surface area (TPSA) is 165 Å². The molecule has 0 N–H and O–H groups in total. The number of nitrogens with zero attached hydrogens (tertiary/aromatic N) is 4. The largest absolute Gasteiger partial charge is 2.00 e. The number of aromatic nitrogens is 2. The summed E-state index contributed by atoms with van der Waals surface area (Å²) in [4.78, 5) is 18.2. The molecule has 2 aromatic carbocycles. The van der Waals surface area contributed by atoms with Gasteiger partial charge in [0.15, 0.2) is 20.2 Å². The van der Waals surface area contributed by atoms with Crippen LogP contribution in [-0.2, 0) is 37.3 Å². The first-order valence-corrected chi connectivity index (χ1v) is 15.2. The first-order chi connectivity index (χ1) is 21.2. The van der Waals surface area contributed by atoms with Gasteiger partial charge in [-0.1, -0.05) is 36.4 Å². The predicted molar refractivity (Wildman–Crippen MR) is 156 cm³/mol. The Morgan fingerprint density at radius 1 is 0.596 bits per heavy atom. The van der Waals surface area contributed by atoms with E-state index in [1.807, 2.05) is 60.7 Å². The van der Waals surface area contributed by atoms with Gasteiger partial charge in [-0.05, 0) is 61.4 Å². The van der Waals surface area contributed by atoms with Gasteiger partial charge in [0.2, 0.25) is 0 Å². The van der Waals surface area contributed by atoms with Gasteiger partial charge in [-0.3, -0.25) is 20.0 Å². The van der Waals surface area contributed by atoms with Crippen LogP contribution in [0.25, 0.3) is 11.1 Å². The minimum atomic E-state index is -6.09. The molecule has 0 aliphatic rings. The zero-order valence-corrected chi connectivity index (χ0v) is 26.7. The molecule has 252 valence electrons. The second kappa shape index (κ2) is 17.2.